The normalized spacial score (nSPS) is 56.7. The molecule has 2 aliphatic rings. The van der Waals surface area contributed by atoms with Crippen LogP contribution in [0.25, 0.3) is 0 Å². The third-order valence-electron chi connectivity index (χ3n) is 2.74. The lowest BCUT2D eigenvalue weighted by molar-refractivity contribution is 0.441. The van der Waals surface area contributed by atoms with Crippen LogP contribution in [0.1, 0.15) is 25.7 Å². The zero-order valence-electron chi connectivity index (χ0n) is 5.44. The number of fused-ring (bicyclic) bond motifs is 1. The molecule has 2 saturated carbocycles. The molecule has 0 saturated heterocycles. The average molecular weight is 190 g/mol. The molecular weight excluding hydrogens is 178 g/mol. The fraction of sp³-hybridized carbons (Fsp3) is 1.00. The quantitative estimate of drug-likeness (QED) is 0.577. The van der Waals surface area contributed by atoms with E-state index in [9.17, 15) is 0 Å². The summed E-state index contributed by atoms with van der Waals surface area (Å²) in [4.78, 5) is 0.733. The van der Waals surface area contributed by atoms with Crippen LogP contribution in [0.4, 0.5) is 0 Å². The highest BCUT2D eigenvalue weighted by Crippen LogP contribution is 2.53. The second-order valence-corrected chi connectivity index (χ2v) is 4.63. The highest BCUT2D eigenvalue weighted by Gasteiger charge is 2.55. The number of rotatable bonds is 0. The molecule has 0 aromatic carbocycles. The van der Waals surface area contributed by atoms with Crippen molar-refractivity contribution in [3.63, 3.8) is 0 Å². The van der Waals surface area contributed by atoms with Gasteiger partial charge in [0.25, 0.3) is 0 Å². The van der Waals surface area contributed by atoms with E-state index < -0.39 is 0 Å². The maximum Gasteiger partial charge on any atom is 0.0198 e. The van der Waals surface area contributed by atoms with Gasteiger partial charge in [0.2, 0.25) is 0 Å². The van der Waals surface area contributed by atoms with Crippen molar-refractivity contribution < 1.29 is 0 Å². The van der Waals surface area contributed by atoms with Gasteiger partial charge in [-0.15, -0.1) is 0 Å². The van der Waals surface area contributed by atoms with Crippen LogP contribution in [0, 0.1) is 5.92 Å². The smallest absolute Gasteiger partial charge is 0.0198 e. The number of nitrogens with two attached hydrogens (primary N) is 1. The maximum atomic E-state index is 6.01. The van der Waals surface area contributed by atoms with Crippen LogP contribution in [0.2, 0.25) is 0 Å². The number of hydrogen-bond donors (Lipinski definition) is 1. The SMILES string of the molecule is NC12CCCC(Br)C1C2. The number of hydrogen-bond acceptors (Lipinski definition) is 1. The summed E-state index contributed by atoms with van der Waals surface area (Å²) in [5.41, 5.74) is 6.28. The number of halogens is 1. The Labute approximate surface area is 64.1 Å². The average Bonchev–Trinajstić information content (AvgIpc) is 2.43. The van der Waals surface area contributed by atoms with Gasteiger partial charge in [-0.2, -0.15) is 0 Å². The summed E-state index contributed by atoms with van der Waals surface area (Å²) in [6.07, 6.45) is 5.19. The third kappa shape index (κ3) is 0.838. The molecule has 0 amide bonds. The zero-order chi connectivity index (χ0) is 6.48. The fourth-order valence-corrected chi connectivity index (χ4v) is 2.99. The molecule has 0 heterocycles. The molecule has 2 fully saturated rings. The van der Waals surface area contributed by atoms with Gasteiger partial charge in [0.15, 0.2) is 0 Å². The van der Waals surface area contributed by atoms with Crippen LogP contribution >= 0.6 is 15.9 Å². The van der Waals surface area contributed by atoms with Crippen molar-refractivity contribution in [2.75, 3.05) is 0 Å². The molecule has 0 bridgehead atoms. The zero-order valence-corrected chi connectivity index (χ0v) is 7.02. The van der Waals surface area contributed by atoms with Crippen LogP contribution in [0.15, 0.2) is 0 Å². The minimum absolute atomic E-state index is 0.270. The second kappa shape index (κ2) is 1.73. The van der Waals surface area contributed by atoms with E-state index in [2.05, 4.69) is 15.9 Å². The van der Waals surface area contributed by atoms with Crippen molar-refractivity contribution in [3.05, 3.63) is 0 Å². The Morgan fingerprint density at radius 1 is 1.56 bits per heavy atom. The van der Waals surface area contributed by atoms with E-state index in [0.717, 1.165) is 10.7 Å². The maximum absolute atomic E-state index is 6.01. The van der Waals surface area contributed by atoms with Crippen LogP contribution < -0.4 is 5.73 Å². The first-order valence-electron chi connectivity index (χ1n) is 3.65. The van der Waals surface area contributed by atoms with Gasteiger partial charge < -0.3 is 5.73 Å². The summed E-state index contributed by atoms with van der Waals surface area (Å²) in [7, 11) is 0. The van der Waals surface area contributed by atoms with Crippen molar-refractivity contribution in [2.24, 2.45) is 11.7 Å². The molecule has 2 rings (SSSR count). The van der Waals surface area contributed by atoms with Gasteiger partial charge in [0.1, 0.15) is 0 Å². The summed E-state index contributed by atoms with van der Waals surface area (Å²) >= 11 is 3.65. The van der Waals surface area contributed by atoms with Gasteiger partial charge in [0.05, 0.1) is 0 Å². The Bertz CT molecular complexity index is 137. The summed E-state index contributed by atoms with van der Waals surface area (Å²) in [5, 5.41) is 0. The largest absolute Gasteiger partial charge is 0.325 e. The highest BCUT2D eigenvalue weighted by atomic mass is 79.9. The molecule has 52 valence electrons. The highest BCUT2D eigenvalue weighted by molar-refractivity contribution is 9.09. The Balaban J connectivity index is 2.07. The lowest BCUT2D eigenvalue weighted by atomic mass is 9.96. The van der Waals surface area contributed by atoms with Crippen LogP contribution in [0.5, 0.6) is 0 Å². The van der Waals surface area contributed by atoms with Crippen molar-refractivity contribution in [1.29, 1.82) is 0 Å². The van der Waals surface area contributed by atoms with E-state index >= 15 is 0 Å². The second-order valence-electron chi connectivity index (χ2n) is 3.45. The first kappa shape index (κ1) is 6.17. The topological polar surface area (TPSA) is 26.0 Å². The summed E-state index contributed by atoms with van der Waals surface area (Å²) in [6.45, 7) is 0. The van der Waals surface area contributed by atoms with Crippen molar-refractivity contribution >= 4 is 15.9 Å². The minimum atomic E-state index is 0.270. The van der Waals surface area contributed by atoms with Crippen LogP contribution in [-0.2, 0) is 0 Å². The van der Waals surface area contributed by atoms with Crippen molar-refractivity contribution in [2.45, 2.75) is 36.0 Å². The van der Waals surface area contributed by atoms with Gasteiger partial charge in [-0.25, -0.2) is 0 Å². The molecule has 3 atom stereocenters. The molecule has 0 aliphatic heterocycles. The molecule has 9 heavy (non-hydrogen) atoms. The van der Waals surface area contributed by atoms with Gasteiger partial charge in [-0.1, -0.05) is 22.4 Å². The van der Waals surface area contributed by atoms with E-state index in [0.29, 0.717) is 0 Å². The molecule has 2 aliphatic carbocycles. The Hall–Kier alpha value is 0.440. The standard InChI is InChI=1S/C7H12BrN/c8-6-2-1-3-7(9)4-5(6)7/h5-6H,1-4,9H2. The Morgan fingerprint density at radius 3 is 2.89 bits per heavy atom. The number of alkyl halides is 1. The molecule has 2 N–H and O–H groups in total. The fourth-order valence-electron chi connectivity index (χ4n) is 1.95. The first-order chi connectivity index (χ1) is 4.22. The monoisotopic (exact) mass is 189 g/mol. The molecule has 0 aromatic rings. The van der Waals surface area contributed by atoms with E-state index in [4.69, 9.17) is 5.73 Å². The Morgan fingerprint density at radius 2 is 2.33 bits per heavy atom. The van der Waals surface area contributed by atoms with E-state index in [1.54, 1.807) is 0 Å². The molecule has 2 heteroatoms. The molecule has 0 spiro atoms. The van der Waals surface area contributed by atoms with Crippen molar-refractivity contribution in [1.82, 2.24) is 0 Å². The van der Waals surface area contributed by atoms with E-state index in [1.165, 1.54) is 25.7 Å². The lowest BCUT2D eigenvalue weighted by Crippen LogP contribution is -2.31. The third-order valence-corrected chi connectivity index (χ3v) is 3.83. The molecular formula is C7H12BrN. The van der Waals surface area contributed by atoms with Gasteiger partial charge >= 0.3 is 0 Å². The van der Waals surface area contributed by atoms with Gasteiger partial charge in [0, 0.05) is 10.4 Å². The first-order valence-corrected chi connectivity index (χ1v) is 4.57. The summed E-state index contributed by atoms with van der Waals surface area (Å²) in [5.74, 6) is 0.811. The molecule has 3 unspecified atom stereocenters. The predicted molar refractivity (Wildman–Crippen MR) is 41.6 cm³/mol. The van der Waals surface area contributed by atoms with E-state index in [-0.39, 0.29) is 5.54 Å². The minimum Gasteiger partial charge on any atom is -0.325 e. The summed E-state index contributed by atoms with van der Waals surface area (Å²) in [6, 6.07) is 0. The predicted octanol–water partition coefficient (Wildman–Crippen LogP) is 1.65. The van der Waals surface area contributed by atoms with Gasteiger partial charge in [-0.3, -0.25) is 0 Å². The van der Waals surface area contributed by atoms with Gasteiger partial charge in [-0.05, 0) is 25.2 Å². The summed E-state index contributed by atoms with van der Waals surface area (Å²) < 4.78 is 0. The Kier molecular flexibility index (Phi) is 1.18. The van der Waals surface area contributed by atoms with Crippen LogP contribution in [-0.4, -0.2) is 10.4 Å². The lowest BCUT2D eigenvalue weighted by Gasteiger charge is -2.20. The van der Waals surface area contributed by atoms with Crippen LogP contribution in [0.3, 0.4) is 0 Å². The molecule has 0 aromatic heterocycles. The molecule has 0 radical (unpaired) electrons. The van der Waals surface area contributed by atoms with Crippen molar-refractivity contribution in [3.8, 4) is 0 Å². The van der Waals surface area contributed by atoms with E-state index in [1.807, 2.05) is 0 Å². The molecule has 1 nitrogen and oxygen atoms in total.